The Balaban J connectivity index is 1.90. The molecule has 2 aromatic rings. The van der Waals surface area contributed by atoms with E-state index >= 15 is 0 Å². The maximum absolute atomic E-state index is 6.21. The number of aromatic amines is 1. The molecule has 6 heteroatoms. The summed E-state index contributed by atoms with van der Waals surface area (Å²) < 4.78 is 6.21. The summed E-state index contributed by atoms with van der Waals surface area (Å²) in [5.74, 6) is 1.78. The monoisotopic (exact) mass is 275 g/mol. The Bertz CT molecular complexity index is 582. The van der Waals surface area contributed by atoms with Gasteiger partial charge in [-0.3, -0.25) is 0 Å². The topological polar surface area (TPSA) is 75.7 Å². The molecule has 2 atom stereocenters. The van der Waals surface area contributed by atoms with Crippen molar-refractivity contribution in [1.82, 2.24) is 19.9 Å². The molecular formula is C14H21N5O. The highest BCUT2D eigenvalue weighted by Gasteiger charge is 2.26. The Morgan fingerprint density at radius 3 is 3.00 bits per heavy atom. The SMILES string of the molecule is CCC1CCCCC1Oc1nc(NC)nc2nc[nH]c12. The molecule has 1 saturated carbocycles. The molecule has 2 N–H and O–H groups in total. The van der Waals surface area contributed by atoms with E-state index < -0.39 is 0 Å². The van der Waals surface area contributed by atoms with E-state index in [9.17, 15) is 0 Å². The number of aromatic nitrogens is 4. The van der Waals surface area contributed by atoms with Crippen LogP contribution in [-0.4, -0.2) is 33.1 Å². The number of rotatable bonds is 4. The molecule has 1 aliphatic carbocycles. The van der Waals surface area contributed by atoms with E-state index in [-0.39, 0.29) is 6.10 Å². The largest absolute Gasteiger partial charge is 0.472 e. The van der Waals surface area contributed by atoms with E-state index in [4.69, 9.17) is 4.74 Å². The maximum atomic E-state index is 6.21. The van der Waals surface area contributed by atoms with Crippen LogP contribution in [0.2, 0.25) is 0 Å². The highest BCUT2D eigenvalue weighted by atomic mass is 16.5. The summed E-state index contributed by atoms with van der Waals surface area (Å²) in [4.78, 5) is 16.0. The second-order valence-electron chi connectivity index (χ2n) is 5.31. The zero-order valence-corrected chi connectivity index (χ0v) is 12.0. The molecule has 0 amide bonds. The fourth-order valence-corrected chi connectivity index (χ4v) is 2.94. The predicted molar refractivity (Wildman–Crippen MR) is 77.9 cm³/mol. The average molecular weight is 275 g/mol. The van der Waals surface area contributed by atoms with Crippen LogP contribution in [0.25, 0.3) is 11.2 Å². The van der Waals surface area contributed by atoms with E-state index in [0.717, 1.165) is 18.4 Å². The third-order valence-electron chi connectivity index (χ3n) is 4.10. The molecule has 108 valence electrons. The number of hydrogen-bond acceptors (Lipinski definition) is 5. The molecular weight excluding hydrogens is 254 g/mol. The van der Waals surface area contributed by atoms with Gasteiger partial charge in [0.15, 0.2) is 5.65 Å². The van der Waals surface area contributed by atoms with Gasteiger partial charge in [0, 0.05) is 7.05 Å². The minimum atomic E-state index is 0.250. The van der Waals surface area contributed by atoms with Crippen LogP contribution in [0.1, 0.15) is 39.0 Å². The van der Waals surface area contributed by atoms with Crippen LogP contribution >= 0.6 is 0 Å². The number of nitrogens with one attached hydrogen (secondary N) is 2. The van der Waals surface area contributed by atoms with Crippen molar-refractivity contribution in [3.8, 4) is 5.88 Å². The van der Waals surface area contributed by atoms with Gasteiger partial charge in [0.05, 0.1) is 6.33 Å². The minimum absolute atomic E-state index is 0.250. The van der Waals surface area contributed by atoms with Crippen molar-refractivity contribution in [2.24, 2.45) is 5.92 Å². The first-order valence-corrected chi connectivity index (χ1v) is 7.37. The molecule has 0 aromatic carbocycles. The van der Waals surface area contributed by atoms with E-state index in [1.165, 1.54) is 19.3 Å². The fraction of sp³-hybridized carbons (Fsp3) is 0.643. The molecule has 1 aliphatic rings. The van der Waals surface area contributed by atoms with Gasteiger partial charge in [-0.25, -0.2) is 4.98 Å². The number of fused-ring (bicyclic) bond motifs is 1. The molecule has 20 heavy (non-hydrogen) atoms. The van der Waals surface area contributed by atoms with Crippen molar-refractivity contribution in [1.29, 1.82) is 0 Å². The lowest BCUT2D eigenvalue weighted by Crippen LogP contribution is -2.30. The standard InChI is InChI=1S/C14H21N5O/c1-3-9-6-4-5-7-10(9)20-13-11-12(17-8-16-11)18-14(15-2)19-13/h8-10H,3-7H2,1-2H3,(H2,15,16,17,18,19). The second-order valence-corrected chi connectivity index (χ2v) is 5.31. The van der Waals surface area contributed by atoms with Gasteiger partial charge in [0.1, 0.15) is 11.6 Å². The van der Waals surface area contributed by atoms with E-state index in [1.807, 2.05) is 0 Å². The quantitative estimate of drug-likeness (QED) is 0.897. The summed E-state index contributed by atoms with van der Waals surface area (Å²) in [6.07, 6.45) is 7.93. The molecule has 3 rings (SSSR count). The van der Waals surface area contributed by atoms with Crippen LogP contribution in [0.3, 0.4) is 0 Å². The number of anilines is 1. The Kier molecular flexibility index (Phi) is 3.71. The zero-order chi connectivity index (χ0) is 13.9. The first kappa shape index (κ1) is 13.1. The lowest BCUT2D eigenvalue weighted by molar-refractivity contribution is 0.0874. The average Bonchev–Trinajstić information content (AvgIpc) is 2.96. The molecule has 0 radical (unpaired) electrons. The number of nitrogens with zero attached hydrogens (tertiary/aromatic N) is 3. The van der Waals surface area contributed by atoms with Crippen LogP contribution in [-0.2, 0) is 0 Å². The number of imidazole rings is 1. The Hall–Kier alpha value is -1.85. The maximum Gasteiger partial charge on any atom is 0.245 e. The number of hydrogen-bond donors (Lipinski definition) is 2. The number of H-pyrrole nitrogens is 1. The van der Waals surface area contributed by atoms with Crippen molar-refractivity contribution in [2.45, 2.75) is 45.1 Å². The van der Waals surface area contributed by atoms with Crippen LogP contribution in [0.5, 0.6) is 5.88 Å². The zero-order valence-electron chi connectivity index (χ0n) is 12.0. The fourth-order valence-electron chi connectivity index (χ4n) is 2.94. The minimum Gasteiger partial charge on any atom is -0.472 e. The lowest BCUT2D eigenvalue weighted by atomic mass is 9.85. The number of ether oxygens (including phenoxy) is 1. The first-order chi connectivity index (χ1) is 9.81. The van der Waals surface area contributed by atoms with E-state index in [1.54, 1.807) is 13.4 Å². The predicted octanol–water partition coefficient (Wildman–Crippen LogP) is 2.74. The lowest BCUT2D eigenvalue weighted by Gasteiger charge is -2.30. The normalized spacial score (nSPS) is 22.9. The molecule has 2 aromatic heterocycles. The smallest absolute Gasteiger partial charge is 0.245 e. The second kappa shape index (κ2) is 5.64. The molecule has 2 heterocycles. The van der Waals surface area contributed by atoms with Gasteiger partial charge < -0.3 is 15.0 Å². The summed E-state index contributed by atoms with van der Waals surface area (Å²) in [6, 6.07) is 0. The van der Waals surface area contributed by atoms with Crippen molar-refractivity contribution in [3.63, 3.8) is 0 Å². The van der Waals surface area contributed by atoms with Crippen molar-refractivity contribution in [2.75, 3.05) is 12.4 Å². The summed E-state index contributed by atoms with van der Waals surface area (Å²) >= 11 is 0. The van der Waals surface area contributed by atoms with Crippen molar-refractivity contribution in [3.05, 3.63) is 6.33 Å². The third-order valence-corrected chi connectivity index (χ3v) is 4.10. The van der Waals surface area contributed by atoms with Gasteiger partial charge in [-0.15, -0.1) is 0 Å². The van der Waals surface area contributed by atoms with Crippen molar-refractivity contribution >= 4 is 17.1 Å². The van der Waals surface area contributed by atoms with Crippen LogP contribution in [0.15, 0.2) is 6.33 Å². The highest BCUT2D eigenvalue weighted by molar-refractivity contribution is 5.76. The van der Waals surface area contributed by atoms with Gasteiger partial charge >= 0.3 is 0 Å². The third kappa shape index (κ3) is 2.42. The molecule has 0 saturated heterocycles. The molecule has 2 unspecified atom stereocenters. The Labute approximate surface area is 118 Å². The van der Waals surface area contributed by atoms with Gasteiger partial charge in [0.25, 0.3) is 0 Å². The highest BCUT2D eigenvalue weighted by Crippen LogP contribution is 2.31. The summed E-state index contributed by atoms with van der Waals surface area (Å²) in [5.41, 5.74) is 1.42. The van der Waals surface area contributed by atoms with Crippen LogP contribution < -0.4 is 10.1 Å². The summed E-state index contributed by atoms with van der Waals surface area (Å²) in [6.45, 7) is 2.23. The van der Waals surface area contributed by atoms with E-state index in [2.05, 4.69) is 32.2 Å². The van der Waals surface area contributed by atoms with Crippen molar-refractivity contribution < 1.29 is 4.74 Å². The Morgan fingerprint density at radius 2 is 2.20 bits per heavy atom. The van der Waals surface area contributed by atoms with Gasteiger partial charge in [-0.2, -0.15) is 9.97 Å². The summed E-state index contributed by atoms with van der Waals surface area (Å²) in [7, 11) is 1.80. The van der Waals surface area contributed by atoms with Crippen LogP contribution in [0, 0.1) is 5.92 Å². The molecule has 0 bridgehead atoms. The Morgan fingerprint density at radius 1 is 1.35 bits per heavy atom. The molecule has 1 fully saturated rings. The van der Waals surface area contributed by atoms with E-state index in [0.29, 0.717) is 23.4 Å². The van der Waals surface area contributed by atoms with Gasteiger partial charge in [0.2, 0.25) is 11.8 Å². The van der Waals surface area contributed by atoms with Gasteiger partial charge in [-0.1, -0.05) is 13.3 Å². The summed E-state index contributed by atoms with van der Waals surface area (Å²) in [5, 5.41) is 2.96. The molecule has 0 spiro atoms. The molecule has 0 aliphatic heterocycles. The first-order valence-electron chi connectivity index (χ1n) is 7.37. The van der Waals surface area contributed by atoms with Gasteiger partial charge in [-0.05, 0) is 31.6 Å². The molecule has 6 nitrogen and oxygen atoms in total. The van der Waals surface area contributed by atoms with Crippen LogP contribution in [0.4, 0.5) is 5.95 Å².